The molecule has 4 unspecified atom stereocenters. The molecule has 94 valence electrons. The predicted molar refractivity (Wildman–Crippen MR) is 55.7 cm³/mol. The lowest BCUT2D eigenvalue weighted by atomic mass is 9.92. The summed E-state index contributed by atoms with van der Waals surface area (Å²) < 4.78 is 0. The number of carbonyl (C=O) groups is 1. The summed E-state index contributed by atoms with van der Waals surface area (Å²) in [5.41, 5.74) is -0.570. The number of carboxylic acid groups (broad SMARTS) is 1. The molecule has 0 bridgehead atoms. The molecule has 0 rings (SSSR count). The van der Waals surface area contributed by atoms with Crippen LogP contribution in [0.5, 0.6) is 0 Å². The maximum absolute atomic E-state index is 10.8. The van der Waals surface area contributed by atoms with Gasteiger partial charge in [0.25, 0.3) is 0 Å². The molecule has 0 aromatic carbocycles. The first-order valence-electron chi connectivity index (χ1n) is 4.86. The third-order valence-corrected chi connectivity index (χ3v) is 2.30. The van der Waals surface area contributed by atoms with Gasteiger partial charge in [-0.3, -0.25) is 0 Å². The van der Waals surface area contributed by atoms with Gasteiger partial charge < -0.3 is 25.5 Å². The lowest BCUT2D eigenvalue weighted by molar-refractivity contribution is -0.133. The Balaban J connectivity index is 5.38. The van der Waals surface area contributed by atoms with Crippen molar-refractivity contribution in [3.05, 3.63) is 11.1 Å². The van der Waals surface area contributed by atoms with Crippen LogP contribution in [0.4, 0.5) is 0 Å². The molecule has 0 spiro atoms. The molecule has 5 N–H and O–H groups in total. The van der Waals surface area contributed by atoms with Gasteiger partial charge in [-0.1, -0.05) is 0 Å². The van der Waals surface area contributed by atoms with E-state index in [2.05, 4.69) is 0 Å². The number of aliphatic hydroxyl groups is 4. The first kappa shape index (κ1) is 15.0. The maximum atomic E-state index is 10.8. The van der Waals surface area contributed by atoms with Crippen LogP contribution in [0.2, 0.25) is 0 Å². The van der Waals surface area contributed by atoms with Crippen LogP contribution < -0.4 is 0 Å². The molecule has 0 aromatic rings. The Kier molecular flexibility index (Phi) is 5.60. The second kappa shape index (κ2) is 5.95. The van der Waals surface area contributed by atoms with Gasteiger partial charge in [0.05, 0.1) is 12.2 Å². The smallest absolute Gasteiger partial charge is 0.331 e. The minimum atomic E-state index is -1.53. The lowest BCUT2D eigenvalue weighted by Crippen LogP contribution is -2.37. The summed E-state index contributed by atoms with van der Waals surface area (Å²) in [5, 5.41) is 46.3. The fraction of sp³-hybridized carbons (Fsp3) is 0.700. The predicted octanol–water partition coefficient (Wildman–Crippen LogP) is -1.13. The molecule has 0 amide bonds. The van der Waals surface area contributed by atoms with Gasteiger partial charge in [-0.2, -0.15) is 0 Å². The zero-order valence-corrected chi connectivity index (χ0v) is 9.45. The van der Waals surface area contributed by atoms with Gasteiger partial charge in [-0.05, 0) is 20.8 Å². The molecule has 16 heavy (non-hydrogen) atoms. The van der Waals surface area contributed by atoms with Gasteiger partial charge in [-0.25, -0.2) is 4.79 Å². The van der Waals surface area contributed by atoms with Gasteiger partial charge in [0.1, 0.15) is 12.2 Å². The summed E-state index contributed by atoms with van der Waals surface area (Å²) in [7, 11) is 0. The van der Waals surface area contributed by atoms with Crippen molar-refractivity contribution in [2.45, 2.75) is 45.2 Å². The SMILES string of the molecule is CC(C(=O)O)=C(C(O)C(C)O)C(O)C(C)O. The van der Waals surface area contributed by atoms with Crippen molar-refractivity contribution in [3.63, 3.8) is 0 Å². The minimum absolute atomic E-state index is 0.280. The largest absolute Gasteiger partial charge is 0.478 e. The van der Waals surface area contributed by atoms with Crippen LogP contribution in [0, 0.1) is 0 Å². The first-order valence-corrected chi connectivity index (χ1v) is 4.86. The van der Waals surface area contributed by atoms with E-state index in [1.54, 1.807) is 0 Å². The Morgan fingerprint density at radius 1 is 0.938 bits per heavy atom. The van der Waals surface area contributed by atoms with E-state index >= 15 is 0 Å². The number of rotatable bonds is 5. The molecule has 0 aliphatic rings. The Bertz CT molecular complexity index is 265. The van der Waals surface area contributed by atoms with Crippen LogP contribution in [0.1, 0.15) is 20.8 Å². The normalized spacial score (nSPS) is 18.4. The monoisotopic (exact) mass is 234 g/mol. The first-order chi connectivity index (χ1) is 7.20. The highest BCUT2D eigenvalue weighted by Crippen LogP contribution is 2.19. The highest BCUT2D eigenvalue weighted by molar-refractivity contribution is 5.87. The molecule has 0 aliphatic carbocycles. The fourth-order valence-electron chi connectivity index (χ4n) is 1.26. The Morgan fingerprint density at radius 3 is 1.44 bits per heavy atom. The van der Waals surface area contributed by atoms with E-state index in [9.17, 15) is 25.2 Å². The van der Waals surface area contributed by atoms with E-state index in [1.807, 2.05) is 0 Å². The number of hydrogen-bond donors (Lipinski definition) is 5. The van der Waals surface area contributed by atoms with Crippen molar-refractivity contribution >= 4 is 5.97 Å². The molecule has 6 nitrogen and oxygen atoms in total. The molecule has 0 radical (unpaired) electrons. The van der Waals surface area contributed by atoms with Crippen LogP contribution >= 0.6 is 0 Å². The van der Waals surface area contributed by atoms with Crippen LogP contribution in [0.15, 0.2) is 11.1 Å². The molecule has 0 aliphatic heterocycles. The van der Waals surface area contributed by atoms with E-state index in [-0.39, 0.29) is 11.1 Å². The molecular weight excluding hydrogens is 216 g/mol. The van der Waals surface area contributed by atoms with Crippen LogP contribution in [-0.2, 0) is 4.79 Å². The number of aliphatic hydroxyl groups excluding tert-OH is 4. The summed E-state index contributed by atoms with van der Waals surface area (Å²) in [6.45, 7) is 3.71. The average molecular weight is 234 g/mol. The molecule has 0 saturated carbocycles. The number of hydrogen-bond acceptors (Lipinski definition) is 5. The van der Waals surface area contributed by atoms with E-state index in [4.69, 9.17) is 5.11 Å². The van der Waals surface area contributed by atoms with Crippen molar-refractivity contribution in [2.24, 2.45) is 0 Å². The van der Waals surface area contributed by atoms with E-state index in [0.717, 1.165) is 0 Å². The maximum Gasteiger partial charge on any atom is 0.331 e. The van der Waals surface area contributed by atoms with Crippen molar-refractivity contribution in [1.29, 1.82) is 0 Å². The van der Waals surface area contributed by atoms with Gasteiger partial charge in [0.2, 0.25) is 0 Å². The third-order valence-electron chi connectivity index (χ3n) is 2.30. The second-order valence-electron chi connectivity index (χ2n) is 3.76. The molecule has 0 fully saturated rings. The third kappa shape index (κ3) is 3.57. The summed E-state index contributed by atoms with van der Waals surface area (Å²) in [6, 6.07) is 0. The zero-order valence-electron chi connectivity index (χ0n) is 9.45. The Hall–Kier alpha value is -0.950. The highest BCUT2D eigenvalue weighted by Gasteiger charge is 2.29. The number of aliphatic carboxylic acids is 1. The Morgan fingerprint density at radius 2 is 1.25 bits per heavy atom. The van der Waals surface area contributed by atoms with Gasteiger partial charge >= 0.3 is 5.97 Å². The summed E-state index contributed by atoms with van der Waals surface area (Å²) >= 11 is 0. The minimum Gasteiger partial charge on any atom is -0.478 e. The lowest BCUT2D eigenvalue weighted by Gasteiger charge is -2.25. The molecule has 0 heterocycles. The van der Waals surface area contributed by atoms with Crippen LogP contribution in [-0.4, -0.2) is 55.9 Å². The van der Waals surface area contributed by atoms with Gasteiger partial charge in [0, 0.05) is 11.1 Å². The van der Waals surface area contributed by atoms with Crippen molar-refractivity contribution in [3.8, 4) is 0 Å². The fourth-order valence-corrected chi connectivity index (χ4v) is 1.26. The van der Waals surface area contributed by atoms with Gasteiger partial charge in [-0.15, -0.1) is 0 Å². The molecular formula is C10H18O6. The topological polar surface area (TPSA) is 118 Å². The van der Waals surface area contributed by atoms with Gasteiger partial charge in [0.15, 0.2) is 0 Å². The van der Waals surface area contributed by atoms with Crippen molar-refractivity contribution in [1.82, 2.24) is 0 Å². The van der Waals surface area contributed by atoms with E-state index in [1.165, 1.54) is 20.8 Å². The summed E-state index contributed by atoms with van der Waals surface area (Å²) in [5.74, 6) is -1.32. The van der Waals surface area contributed by atoms with Crippen LogP contribution in [0.25, 0.3) is 0 Å². The second-order valence-corrected chi connectivity index (χ2v) is 3.76. The zero-order chi connectivity index (χ0) is 13.0. The van der Waals surface area contributed by atoms with E-state index in [0.29, 0.717) is 0 Å². The Labute approximate surface area is 93.5 Å². The highest BCUT2D eigenvalue weighted by atomic mass is 16.4. The van der Waals surface area contributed by atoms with Crippen molar-refractivity contribution in [2.75, 3.05) is 0 Å². The summed E-state index contributed by atoms with van der Waals surface area (Å²) in [4.78, 5) is 10.8. The summed E-state index contributed by atoms with van der Waals surface area (Å²) in [6.07, 6.45) is -5.53. The van der Waals surface area contributed by atoms with Crippen LogP contribution in [0.3, 0.4) is 0 Å². The standard InChI is InChI=1S/C10H18O6/c1-4(10(15)16)7(8(13)5(2)11)9(14)6(3)12/h5-6,8-9,11-14H,1-3H3,(H,15,16). The van der Waals surface area contributed by atoms with Crippen molar-refractivity contribution < 1.29 is 30.3 Å². The molecule has 0 aromatic heterocycles. The number of carboxylic acids is 1. The molecule has 0 saturated heterocycles. The quantitative estimate of drug-likeness (QED) is 0.384. The van der Waals surface area contributed by atoms with E-state index < -0.39 is 30.4 Å². The molecule has 6 heteroatoms. The molecule has 4 atom stereocenters. The average Bonchev–Trinajstić information content (AvgIpc) is 2.16.